The van der Waals surface area contributed by atoms with Gasteiger partial charge in [0, 0.05) is 23.6 Å². The number of aryl methyl sites for hydroxylation is 1. The van der Waals surface area contributed by atoms with Gasteiger partial charge in [-0.1, -0.05) is 65.3 Å². The Balaban J connectivity index is 1.35. The summed E-state index contributed by atoms with van der Waals surface area (Å²) in [5, 5.41) is 10.1. The zero-order valence-corrected chi connectivity index (χ0v) is 21.9. The fourth-order valence-corrected chi connectivity index (χ4v) is 5.40. The second-order valence-corrected chi connectivity index (χ2v) is 10.5. The average Bonchev–Trinajstić information content (AvgIpc) is 3.50. The Labute approximate surface area is 224 Å². The van der Waals surface area contributed by atoms with Gasteiger partial charge >= 0.3 is 0 Å². The van der Waals surface area contributed by atoms with E-state index in [0.717, 1.165) is 28.2 Å². The third-order valence-corrected chi connectivity index (χ3v) is 7.61. The van der Waals surface area contributed by atoms with Gasteiger partial charge in [0.2, 0.25) is 5.91 Å². The van der Waals surface area contributed by atoms with Crippen molar-refractivity contribution in [3.8, 4) is 5.75 Å². The van der Waals surface area contributed by atoms with Crippen LogP contribution in [-0.2, 0) is 9.59 Å². The minimum Gasteiger partial charge on any atom is -0.497 e. The van der Waals surface area contributed by atoms with Gasteiger partial charge in [-0.25, -0.2) is 5.01 Å². The number of rotatable bonds is 6. The lowest BCUT2D eigenvalue weighted by Gasteiger charge is -2.23. The summed E-state index contributed by atoms with van der Waals surface area (Å²) in [5.41, 5.74) is 4.64. The molecule has 0 saturated heterocycles. The van der Waals surface area contributed by atoms with Gasteiger partial charge in [-0.3, -0.25) is 9.59 Å². The molecule has 2 heterocycles. The van der Waals surface area contributed by atoms with Crippen LogP contribution >= 0.6 is 23.4 Å². The van der Waals surface area contributed by atoms with Crippen LogP contribution in [0.15, 0.2) is 82.9 Å². The summed E-state index contributed by atoms with van der Waals surface area (Å²) >= 11 is 7.36. The van der Waals surface area contributed by atoms with E-state index in [1.807, 2.05) is 79.7 Å². The molecule has 5 rings (SSSR count). The van der Waals surface area contributed by atoms with E-state index < -0.39 is 5.25 Å². The fraction of sp³-hybridized carbons (Fsp3) is 0.214. The number of hydrogen-bond donors (Lipinski definition) is 1. The summed E-state index contributed by atoms with van der Waals surface area (Å²) in [5.74, 6) is 0.196. The summed E-state index contributed by atoms with van der Waals surface area (Å²) in [6.07, 6.45) is 0.652. The largest absolute Gasteiger partial charge is 0.497 e. The monoisotopic (exact) mass is 532 g/mol. The van der Waals surface area contributed by atoms with Crippen molar-refractivity contribution in [2.45, 2.75) is 31.1 Å². The molecule has 0 fully saturated rings. The number of carbonyl (C=O) groups is 2. The quantitative estimate of drug-likeness (QED) is 0.431. The molecule has 37 heavy (non-hydrogen) atoms. The Kier molecular flexibility index (Phi) is 7.30. The number of halogens is 1. The molecule has 0 bridgehead atoms. The number of amides is 2. The molecule has 0 aliphatic carbocycles. The molecule has 0 spiro atoms. The first-order chi connectivity index (χ1) is 17.9. The van der Waals surface area contributed by atoms with E-state index in [9.17, 15) is 9.59 Å². The van der Waals surface area contributed by atoms with Crippen molar-refractivity contribution in [1.29, 1.82) is 0 Å². The molecule has 0 aromatic heterocycles. The van der Waals surface area contributed by atoms with Crippen LogP contribution in [0.4, 0.5) is 5.69 Å². The molecule has 2 aliphatic heterocycles. The maximum atomic E-state index is 12.8. The number of nitrogens with zero attached hydrogens (tertiary/aromatic N) is 3. The molecule has 188 valence electrons. The van der Waals surface area contributed by atoms with Gasteiger partial charge in [-0.2, -0.15) is 10.1 Å². The summed E-state index contributed by atoms with van der Waals surface area (Å²) in [6, 6.07) is 22.7. The zero-order chi connectivity index (χ0) is 25.9. The predicted octanol–water partition coefficient (Wildman–Crippen LogP) is 5.83. The molecule has 2 atom stereocenters. The summed E-state index contributed by atoms with van der Waals surface area (Å²) in [6.45, 7) is 1.98. The second kappa shape index (κ2) is 10.8. The van der Waals surface area contributed by atoms with E-state index in [-0.39, 0.29) is 24.3 Å². The van der Waals surface area contributed by atoms with Crippen LogP contribution in [0.25, 0.3) is 0 Å². The smallest absolute Gasteiger partial charge is 0.262 e. The number of thioether (sulfide) groups is 1. The molecular formula is C28H25ClN4O3S. The first kappa shape index (κ1) is 25.0. The fourth-order valence-electron chi connectivity index (χ4n) is 4.21. The number of carbonyl (C=O) groups excluding carboxylic acids is 2. The van der Waals surface area contributed by atoms with Crippen molar-refractivity contribution >= 4 is 51.7 Å². The molecule has 1 N–H and O–H groups in total. The number of amidine groups is 1. The molecule has 2 aliphatic rings. The van der Waals surface area contributed by atoms with Crippen molar-refractivity contribution in [3.63, 3.8) is 0 Å². The normalized spacial score (nSPS) is 19.0. The van der Waals surface area contributed by atoms with E-state index >= 15 is 0 Å². The lowest BCUT2D eigenvalue weighted by molar-refractivity contribution is -0.121. The van der Waals surface area contributed by atoms with Crippen LogP contribution in [-0.4, -0.2) is 40.1 Å². The minimum atomic E-state index is -0.605. The zero-order valence-electron chi connectivity index (χ0n) is 20.3. The Morgan fingerprint density at radius 1 is 1.08 bits per heavy atom. The van der Waals surface area contributed by atoms with Crippen molar-refractivity contribution in [3.05, 3.63) is 94.5 Å². The van der Waals surface area contributed by atoms with E-state index in [0.29, 0.717) is 22.3 Å². The number of hydrogen-bond acceptors (Lipinski definition) is 6. The Bertz CT molecular complexity index is 1370. The molecule has 2 amide bonds. The van der Waals surface area contributed by atoms with E-state index in [4.69, 9.17) is 21.4 Å². The number of aliphatic imine (C=N–C) groups is 1. The molecule has 7 nitrogen and oxygen atoms in total. The van der Waals surface area contributed by atoms with Gasteiger partial charge in [0.05, 0.1) is 18.9 Å². The lowest BCUT2D eigenvalue weighted by atomic mass is 9.98. The van der Waals surface area contributed by atoms with Crippen LogP contribution in [0, 0.1) is 6.92 Å². The number of benzene rings is 3. The maximum Gasteiger partial charge on any atom is 0.262 e. The predicted molar refractivity (Wildman–Crippen MR) is 148 cm³/mol. The van der Waals surface area contributed by atoms with Crippen LogP contribution in [0.1, 0.15) is 35.6 Å². The summed E-state index contributed by atoms with van der Waals surface area (Å²) in [4.78, 5) is 29.8. The van der Waals surface area contributed by atoms with Crippen LogP contribution in [0.5, 0.6) is 5.75 Å². The highest BCUT2D eigenvalue weighted by Gasteiger charge is 2.39. The molecular weight excluding hydrogens is 508 g/mol. The minimum absolute atomic E-state index is 0.0270. The third kappa shape index (κ3) is 5.70. The van der Waals surface area contributed by atoms with E-state index in [1.54, 1.807) is 12.1 Å². The number of anilines is 1. The lowest BCUT2D eigenvalue weighted by Crippen LogP contribution is -2.25. The second-order valence-electron chi connectivity index (χ2n) is 8.85. The SMILES string of the molecule is COc1ccc(C2CC(c3ccc(Cl)cc3)=NN2C2=NC(=O)C(CC(=O)Nc3ccc(C)cc3)S2)cc1. The van der Waals surface area contributed by atoms with E-state index in [1.165, 1.54) is 11.8 Å². The third-order valence-electron chi connectivity index (χ3n) is 6.22. The molecule has 0 radical (unpaired) electrons. The van der Waals surface area contributed by atoms with Crippen molar-refractivity contribution in [2.75, 3.05) is 12.4 Å². The van der Waals surface area contributed by atoms with Gasteiger partial charge < -0.3 is 10.1 Å². The summed E-state index contributed by atoms with van der Waals surface area (Å²) < 4.78 is 5.31. The van der Waals surface area contributed by atoms with Gasteiger partial charge in [0.1, 0.15) is 11.0 Å². The van der Waals surface area contributed by atoms with Crippen molar-refractivity contribution in [2.24, 2.45) is 10.1 Å². The van der Waals surface area contributed by atoms with Crippen LogP contribution in [0.3, 0.4) is 0 Å². The first-order valence-electron chi connectivity index (χ1n) is 11.8. The number of ether oxygens (including phenoxy) is 1. The molecule has 3 aromatic rings. The first-order valence-corrected chi connectivity index (χ1v) is 13.1. The Morgan fingerprint density at radius 3 is 2.46 bits per heavy atom. The van der Waals surface area contributed by atoms with Crippen LogP contribution in [0.2, 0.25) is 5.02 Å². The topological polar surface area (TPSA) is 83.4 Å². The maximum absolute atomic E-state index is 12.8. The van der Waals surface area contributed by atoms with Gasteiger partial charge in [0.25, 0.3) is 5.91 Å². The molecule has 0 saturated carbocycles. The number of methoxy groups -OCH3 is 1. The summed E-state index contributed by atoms with van der Waals surface area (Å²) in [7, 11) is 1.63. The highest BCUT2D eigenvalue weighted by Crippen LogP contribution is 2.39. The van der Waals surface area contributed by atoms with Crippen molar-refractivity contribution < 1.29 is 14.3 Å². The van der Waals surface area contributed by atoms with Crippen LogP contribution < -0.4 is 10.1 Å². The average molecular weight is 533 g/mol. The Morgan fingerprint density at radius 2 is 1.78 bits per heavy atom. The standard InChI is InChI=1S/C28H25ClN4O3S/c1-17-3-11-21(12-4-17)30-26(34)16-25-27(35)31-28(37-25)33-24(19-7-13-22(36-2)14-8-19)15-23(32-33)18-5-9-20(29)10-6-18/h3-14,24-25H,15-16H2,1-2H3,(H,30,34). The molecule has 2 unspecified atom stereocenters. The van der Waals surface area contributed by atoms with Gasteiger partial charge in [-0.15, -0.1) is 0 Å². The Hall–Kier alpha value is -3.62. The van der Waals surface area contributed by atoms with Gasteiger partial charge in [0.15, 0.2) is 5.17 Å². The molecule has 9 heteroatoms. The highest BCUT2D eigenvalue weighted by molar-refractivity contribution is 8.15. The molecule has 3 aromatic carbocycles. The highest BCUT2D eigenvalue weighted by atomic mass is 35.5. The van der Waals surface area contributed by atoms with Crippen molar-refractivity contribution in [1.82, 2.24) is 5.01 Å². The van der Waals surface area contributed by atoms with E-state index in [2.05, 4.69) is 10.3 Å². The number of hydrazone groups is 1. The van der Waals surface area contributed by atoms with Gasteiger partial charge in [-0.05, 0) is 54.4 Å². The number of nitrogens with one attached hydrogen (secondary N) is 1.